The van der Waals surface area contributed by atoms with Crippen LogP contribution in [0.25, 0.3) is 6.08 Å². The van der Waals surface area contributed by atoms with Crippen molar-refractivity contribution in [3.05, 3.63) is 54.1 Å². The van der Waals surface area contributed by atoms with E-state index >= 15 is 0 Å². The fourth-order valence-corrected chi connectivity index (χ4v) is 1.28. The third kappa shape index (κ3) is 5.46. The van der Waals surface area contributed by atoms with E-state index in [1.165, 1.54) is 0 Å². The topological polar surface area (TPSA) is 46.5 Å². The molecule has 3 heteroatoms. The second-order valence-corrected chi connectivity index (χ2v) is 4.07. The quantitative estimate of drug-likeness (QED) is 0.620. The third-order valence-electron chi connectivity index (χ3n) is 2.22. The molecule has 0 fully saturated rings. The number of aliphatic hydroxyl groups excluding tert-OH is 1. The molecule has 1 aromatic rings. The summed E-state index contributed by atoms with van der Waals surface area (Å²) in [7, 11) is 0. The maximum absolute atomic E-state index is 11.4. The number of aliphatic hydroxyl groups is 1. The lowest BCUT2D eigenvalue weighted by atomic mass is 10.1. The Morgan fingerprint density at radius 3 is 2.72 bits per heavy atom. The SMILES string of the molecule is C=C(CC=Cc1ccccc1)C(=O)OCC(C)O. The summed E-state index contributed by atoms with van der Waals surface area (Å²) >= 11 is 0. The predicted octanol–water partition coefficient (Wildman–Crippen LogP) is 2.57. The van der Waals surface area contributed by atoms with Crippen LogP contribution in [-0.4, -0.2) is 23.8 Å². The van der Waals surface area contributed by atoms with Crippen LogP contribution in [0.4, 0.5) is 0 Å². The van der Waals surface area contributed by atoms with Crippen LogP contribution in [0.15, 0.2) is 48.6 Å². The smallest absolute Gasteiger partial charge is 0.333 e. The third-order valence-corrected chi connectivity index (χ3v) is 2.22. The van der Waals surface area contributed by atoms with Crippen LogP contribution >= 0.6 is 0 Å². The molecule has 0 aliphatic carbocycles. The van der Waals surface area contributed by atoms with Gasteiger partial charge in [0.15, 0.2) is 0 Å². The lowest BCUT2D eigenvalue weighted by molar-refractivity contribution is -0.141. The average Bonchev–Trinajstić information content (AvgIpc) is 2.37. The molecule has 1 atom stereocenters. The number of hydrogen-bond acceptors (Lipinski definition) is 3. The Kier molecular flexibility index (Phi) is 5.88. The number of benzene rings is 1. The zero-order chi connectivity index (χ0) is 13.4. The van der Waals surface area contributed by atoms with Crippen LogP contribution in [0, 0.1) is 0 Å². The summed E-state index contributed by atoms with van der Waals surface area (Å²) < 4.78 is 4.85. The molecule has 0 aliphatic rings. The lowest BCUT2D eigenvalue weighted by Gasteiger charge is -2.06. The van der Waals surface area contributed by atoms with Crippen LogP contribution in [0.1, 0.15) is 18.9 Å². The zero-order valence-electron chi connectivity index (χ0n) is 10.5. The molecule has 0 aromatic heterocycles. The molecule has 1 N–H and O–H groups in total. The first-order valence-electron chi connectivity index (χ1n) is 5.84. The molecule has 1 aromatic carbocycles. The van der Waals surface area contributed by atoms with Crippen molar-refractivity contribution in [2.24, 2.45) is 0 Å². The summed E-state index contributed by atoms with van der Waals surface area (Å²) in [5, 5.41) is 8.99. The van der Waals surface area contributed by atoms with E-state index in [1.54, 1.807) is 6.92 Å². The Balaban J connectivity index is 2.37. The van der Waals surface area contributed by atoms with Crippen molar-refractivity contribution in [2.75, 3.05) is 6.61 Å². The number of esters is 1. The standard InChI is InChI=1S/C15H18O3/c1-12(15(17)18-11-13(2)16)7-6-10-14-8-4-3-5-9-14/h3-6,8-10,13,16H,1,7,11H2,2H3. The molecule has 0 bridgehead atoms. The number of hydrogen-bond donors (Lipinski definition) is 1. The largest absolute Gasteiger partial charge is 0.460 e. The van der Waals surface area contributed by atoms with Gasteiger partial charge in [0.2, 0.25) is 0 Å². The van der Waals surface area contributed by atoms with Crippen molar-refractivity contribution in [3.8, 4) is 0 Å². The highest BCUT2D eigenvalue weighted by atomic mass is 16.5. The molecule has 18 heavy (non-hydrogen) atoms. The number of allylic oxidation sites excluding steroid dienone is 1. The number of carbonyl (C=O) groups is 1. The van der Waals surface area contributed by atoms with E-state index in [0.717, 1.165) is 5.56 Å². The summed E-state index contributed by atoms with van der Waals surface area (Å²) in [6.45, 7) is 5.22. The lowest BCUT2D eigenvalue weighted by Crippen LogP contribution is -2.16. The maximum Gasteiger partial charge on any atom is 0.333 e. The summed E-state index contributed by atoms with van der Waals surface area (Å²) in [4.78, 5) is 11.4. The fraction of sp³-hybridized carbons (Fsp3) is 0.267. The molecule has 0 amide bonds. The van der Waals surface area contributed by atoms with Gasteiger partial charge in [-0.2, -0.15) is 0 Å². The highest BCUT2D eigenvalue weighted by Crippen LogP contribution is 2.07. The Hall–Kier alpha value is -1.87. The predicted molar refractivity (Wildman–Crippen MR) is 71.9 cm³/mol. The van der Waals surface area contributed by atoms with Gasteiger partial charge in [-0.1, -0.05) is 49.1 Å². The van der Waals surface area contributed by atoms with Gasteiger partial charge < -0.3 is 9.84 Å². The van der Waals surface area contributed by atoms with Crippen LogP contribution in [0.3, 0.4) is 0 Å². The Bertz CT molecular complexity index is 419. The van der Waals surface area contributed by atoms with E-state index in [4.69, 9.17) is 9.84 Å². The second-order valence-electron chi connectivity index (χ2n) is 4.07. The van der Waals surface area contributed by atoms with E-state index in [2.05, 4.69) is 6.58 Å². The highest BCUT2D eigenvalue weighted by molar-refractivity contribution is 5.88. The monoisotopic (exact) mass is 246 g/mol. The fourth-order valence-electron chi connectivity index (χ4n) is 1.28. The van der Waals surface area contributed by atoms with Gasteiger partial charge in [0.05, 0.1) is 6.10 Å². The molecular formula is C15H18O3. The van der Waals surface area contributed by atoms with Gasteiger partial charge in [-0.3, -0.25) is 0 Å². The van der Waals surface area contributed by atoms with Gasteiger partial charge in [-0.15, -0.1) is 0 Å². The van der Waals surface area contributed by atoms with Gasteiger partial charge in [0.25, 0.3) is 0 Å². The number of ether oxygens (including phenoxy) is 1. The first-order chi connectivity index (χ1) is 8.59. The first kappa shape index (κ1) is 14.2. The minimum absolute atomic E-state index is 0.000251. The van der Waals surface area contributed by atoms with Gasteiger partial charge in [-0.05, 0) is 18.9 Å². The normalized spacial score (nSPS) is 12.3. The number of rotatable bonds is 6. The van der Waals surface area contributed by atoms with Crippen molar-refractivity contribution >= 4 is 12.0 Å². The van der Waals surface area contributed by atoms with E-state index in [-0.39, 0.29) is 6.61 Å². The average molecular weight is 246 g/mol. The zero-order valence-corrected chi connectivity index (χ0v) is 10.5. The van der Waals surface area contributed by atoms with Crippen LogP contribution in [0.2, 0.25) is 0 Å². The van der Waals surface area contributed by atoms with Crippen molar-refractivity contribution in [3.63, 3.8) is 0 Å². The molecule has 96 valence electrons. The van der Waals surface area contributed by atoms with Gasteiger partial charge in [0, 0.05) is 5.57 Å². The molecule has 0 aliphatic heterocycles. The summed E-state index contributed by atoms with van der Waals surface area (Å²) in [5.74, 6) is -0.464. The Morgan fingerprint density at radius 2 is 2.11 bits per heavy atom. The molecular weight excluding hydrogens is 228 g/mol. The molecule has 0 saturated heterocycles. The minimum atomic E-state index is -0.651. The maximum atomic E-state index is 11.4. The van der Waals surface area contributed by atoms with Crippen molar-refractivity contribution in [1.29, 1.82) is 0 Å². The second kappa shape index (κ2) is 7.45. The van der Waals surface area contributed by atoms with Crippen molar-refractivity contribution < 1.29 is 14.6 Å². The van der Waals surface area contributed by atoms with Crippen molar-refractivity contribution in [1.82, 2.24) is 0 Å². The Labute approximate surface area is 107 Å². The Morgan fingerprint density at radius 1 is 1.44 bits per heavy atom. The summed E-state index contributed by atoms with van der Waals surface area (Å²) in [6.07, 6.45) is 3.57. The van der Waals surface area contributed by atoms with Gasteiger partial charge in [-0.25, -0.2) is 4.79 Å². The van der Waals surface area contributed by atoms with Crippen LogP contribution in [-0.2, 0) is 9.53 Å². The first-order valence-corrected chi connectivity index (χ1v) is 5.84. The summed E-state index contributed by atoms with van der Waals surface area (Å²) in [5.41, 5.74) is 1.45. The van der Waals surface area contributed by atoms with Crippen LogP contribution < -0.4 is 0 Å². The molecule has 3 nitrogen and oxygen atoms in total. The molecule has 1 unspecified atom stereocenters. The molecule has 0 radical (unpaired) electrons. The molecule has 0 saturated carbocycles. The van der Waals surface area contributed by atoms with E-state index < -0.39 is 12.1 Å². The summed E-state index contributed by atoms with van der Waals surface area (Å²) in [6, 6.07) is 9.80. The van der Waals surface area contributed by atoms with Gasteiger partial charge in [0.1, 0.15) is 6.61 Å². The molecule has 0 heterocycles. The van der Waals surface area contributed by atoms with Crippen molar-refractivity contribution in [2.45, 2.75) is 19.4 Å². The van der Waals surface area contributed by atoms with Gasteiger partial charge >= 0.3 is 5.97 Å². The van der Waals surface area contributed by atoms with E-state index in [9.17, 15) is 4.79 Å². The molecule has 1 rings (SSSR count). The van der Waals surface area contributed by atoms with Crippen LogP contribution in [0.5, 0.6) is 0 Å². The minimum Gasteiger partial charge on any atom is -0.460 e. The molecule has 0 spiro atoms. The van der Waals surface area contributed by atoms with E-state index in [0.29, 0.717) is 12.0 Å². The van der Waals surface area contributed by atoms with E-state index in [1.807, 2.05) is 42.5 Å². The highest BCUT2D eigenvalue weighted by Gasteiger charge is 2.07. The number of carbonyl (C=O) groups excluding carboxylic acids is 1.